The summed E-state index contributed by atoms with van der Waals surface area (Å²) in [6, 6.07) is 6.95. The Bertz CT molecular complexity index is 416. The lowest BCUT2D eigenvalue weighted by Gasteiger charge is -2.03. The second kappa shape index (κ2) is 5.11. The van der Waals surface area contributed by atoms with Crippen molar-refractivity contribution in [2.24, 2.45) is 5.92 Å². The summed E-state index contributed by atoms with van der Waals surface area (Å²) in [4.78, 5) is 21.6. The van der Waals surface area contributed by atoms with E-state index < -0.39 is 0 Å². The van der Waals surface area contributed by atoms with Gasteiger partial charge in [0.05, 0.1) is 0 Å². The predicted molar refractivity (Wildman–Crippen MR) is 58.6 cm³/mol. The van der Waals surface area contributed by atoms with Gasteiger partial charge in [0.1, 0.15) is 0 Å². The topological polar surface area (TPSA) is 34.1 Å². The molecule has 0 aliphatic heterocycles. The quantitative estimate of drug-likeness (QED) is 0.416. The molecule has 0 spiro atoms. The summed E-state index contributed by atoms with van der Waals surface area (Å²) in [5, 5.41) is 0. The van der Waals surface area contributed by atoms with Crippen molar-refractivity contribution in [3.63, 3.8) is 0 Å². The van der Waals surface area contributed by atoms with E-state index in [0.717, 1.165) is 5.56 Å². The van der Waals surface area contributed by atoms with Gasteiger partial charge in [-0.3, -0.25) is 9.59 Å². The van der Waals surface area contributed by atoms with Crippen LogP contribution in [0.5, 0.6) is 0 Å². The molecule has 0 saturated heterocycles. The highest BCUT2D eigenvalue weighted by Gasteiger charge is 2.09. The molecule has 0 atom stereocenters. The monoisotopic (exact) mass is 200 g/mol. The van der Waals surface area contributed by atoms with Crippen molar-refractivity contribution in [2.75, 3.05) is 0 Å². The number of ketones is 1. The molecule has 1 aromatic carbocycles. The summed E-state index contributed by atoms with van der Waals surface area (Å²) in [6.07, 6.45) is 0.549. The van der Waals surface area contributed by atoms with E-state index in [-0.39, 0.29) is 11.7 Å². The van der Waals surface area contributed by atoms with Crippen molar-refractivity contribution in [2.45, 2.75) is 13.8 Å². The number of hydrogen-bond donors (Lipinski definition) is 0. The molecule has 0 aliphatic rings. The van der Waals surface area contributed by atoms with Crippen LogP contribution < -0.4 is 0 Å². The van der Waals surface area contributed by atoms with Crippen molar-refractivity contribution >= 4 is 12.1 Å². The molecule has 0 saturated carbocycles. The summed E-state index contributed by atoms with van der Waals surface area (Å²) in [5.74, 6) is 5.09. The highest BCUT2D eigenvalue weighted by Crippen LogP contribution is 2.09. The Hall–Kier alpha value is -1.88. The van der Waals surface area contributed by atoms with Gasteiger partial charge in [0.15, 0.2) is 12.1 Å². The van der Waals surface area contributed by atoms with Crippen molar-refractivity contribution < 1.29 is 9.59 Å². The van der Waals surface area contributed by atoms with Crippen LogP contribution in [-0.2, 0) is 4.79 Å². The van der Waals surface area contributed by atoms with Crippen LogP contribution in [0.2, 0.25) is 0 Å². The van der Waals surface area contributed by atoms with E-state index in [1.807, 2.05) is 13.8 Å². The standard InChI is InChI=1S/C13H12O2/c1-10(2)13(15)12-7-5-11(6-8-12)4-3-9-14/h5-10H,1-2H3. The van der Waals surface area contributed by atoms with Crippen LogP contribution in [-0.4, -0.2) is 12.1 Å². The number of carbonyl (C=O) groups excluding carboxylic acids is 2. The lowest BCUT2D eigenvalue weighted by atomic mass is 10.0. The van der Waals surface area contributed by atoms with Crippen LogP contribution in [0, 0.1) is 17.8 Å². The largest absolute Gasteiger partial charge is 0.294 e. The zero-order valence-corrected chi connectivity index (χ0v) is 8.78. The second-order valence-electron chi connectivity index (χ2n) is 3.48. The molecule has 1 aromatic rings. The summed E-state index contributed by atoms with van der Waals surface area (Å²) in [6.45, 7) is 3.73. The molecule has 0 fully saturated rings. The maximum absolute atomic E-state index is 11.6. The first-order chi connectivity index (χ1) is 7.15. The predicted octanol–water partition coefficient (Wildman–Crippen LogP) is 2.08. The molecule has 2 heteroatoms. The van der Waals surface area contributed by atoms with E-state index in [2.05, 4.69) is 11.8 Å². The number of benzene rings is 1. The van der Waals surface area contributed by atoms with Gasteiger partial charge < -0.3 is 0 Å². The highest BCUT2D eigenvalue weighted by molar-refractivity contribution is 5.97. The van der Waals surface area contributed by atoms with Crippen LogP contribution in [0.1, 0.15) is 29.8 Å². The summed E-state index contributed by atoms with van der Waals surface area (Å²) in [5.41, 5.74) is 1.42. The van der Waals surface area contributed by atoms with Crippen LogP contribution in [0.15, 0.2) is 24.3 Å². The average Bonchev–Trinajstić information content (AvgIpc) is 2.26. The third-order valence-electron chi connectivity index (χ3n) is 1.97. The Morgan fingerprint density at radius 3 is 2.33 bits per heavy atom. The number of rotatable bonds is 2. The summed E-state index contributed by atoms with van der Waals surface area (Å²) >= 11 is 0. The molecule has 0 N–H and O–H groups in total. The van der Waals surface area contributed by atoms with Crippen molar-refractivity contribution in [3.05, 3.63) is 35.4 Å². The van der Waals surface area contributed by atoms with Gasteiger partial charge in [-0.1, -0.05) is 31.9 Å². The average molecular weight is 200 g/mol. The molecule has 0 aromatic heterocycles. The lowest BCUT2D eigenvalue weighted by molar-refractivity contribution is -0.103. The molecule has 0 bridgehead atoms. The molecule has 0 heterocycles. The molecule has 0 amide bonds. The van der Waals surface area contributed by atoms with E-state index in [1.165, 1.54) is 0 Å². The van der Waals surface area contributed by atoms with Crippen molar-refractivity contribution in [1.82, 2.24) is 0 Å². The van der Waals surface area contributed by atoms with E-state index in [0.29, 0.717) is 11.8 Å². The SMILES string of the molecule is CC(C)C(=O)c1ccc(C#CC=O)cc1. The minimum Gasteiger partial charge on any atom is -0.294 e. The van der Waals surface area contributed by atoms with Crippen LogP contribution in [0.25, 0.3) is 0 Å². The van der Waals surface area contributed by atoms with Crippen molar-refractivity contribution in [1.29, 1.82) is 0 Å². The maximum Gasteiger partial charge on any atom is 0.193 e. The Morgan fingerprint density at radius 2 is 1.87 bits per heavy atom. The summed E-state index contributed by atoms with van der Waals surface area (Å²) in [7, 11) is 0. The minimum absolute atomic E-state index is 0.00286. The molecular weight excluding hydrogens is 188 g/mol. The Kier molecular flexibility index (Phi) is 3.82. The normalized spacial score (nSPS) is 9.27. The van der Waals surface area contributed by atoms with Gasteiger partial charge >= 0.3 is 0 Å². The molecule has 0 aliphatic carbocycles. The van der Waals surface area contributed by atoms with Crippen LogP contribution in [0.3, 0.4) is 0 Å². The molecule has 0 unspecified atom stereocenters. The fourth-order valence-electron chi connectivity index (χ4n) is 1.16. The first kappa shape index (κ1) is 11.2. The lowest BCUT2D eigenvalue weighted by Crippen LogP contribution is -2.06. The van der Waals surface area contributed by atoms with Gasteiger partial charge in [-0.05, 0) is 18.1 Å². The first-order valence-corrected chi connectivity index (χ1v) is 4.74. The van der Waals surface area contributed by atoms with Gasteiger partial charge in [0.25, 0.3) is 0 Å². The molecule has 0 radical (unpaired) electrons. The summed E-state index contributed by atoms with van der Waals surface area (Å²) < 4.78 is 0. The van der Waals surface area contributed by atoms with Crippen molar-refractivity contribution in [3.8, 4) is 11.8 Å². The van der Waals surface area contributed by atoms with E-state index in [4.69, 9.17) is 0 Å². The number of hydrogen-bond acceptors (Lipinski definition) is 2. The zero-order chi connectivity index (χ0) is 11.3. The van der Waals surface area contributed by atoms with E-state index >= 15 is 0 Å². The van der Waals surface area contributed by atoms with Gasteiger partial charge in [0.2, 0.25) is 0 Å². The Labute approximate surface area is 89.3 Å². The molecular formula is C13H12O2. The van der Waals surface area contributed by atoms with Crippen LogP contribution in [0.4, 0.5) is 0 Å². The van der Waals surface area contributed by atoms with E-state index in [1.54, 1.807) is 24.3 Å². The van der Waals surface area contributed by atoms with Gasteiger partial charge in [-0.2, -0.15) is 0 Å². The molecule has 76 valence electrons. The minimum atomic E-state index is -0.00286. The fraction of sp³-hybridized carbons (Fsp3) is 0.231. The Morgan fingerprint density at radius 1 is 1.27 bits per heavy atom. The van der Waals surface area contributed by atoms with Gasteiger partial charge in [-0.25, -0.2) is 0 Å². The fourth-order valence-corrected chi connectivity index (χ4v) is 1.16. The first-order valence-electron chi connectivity index (χ1n) is 4.74. The number of carbonyl (C=O) groups is 2. The second-order valence-corrected chi connectivity index (χ2v) is 3.48. The third kappa shape index (κ3) is 3.07. The third-order valence-corrected chi connectivity index (χ3v) is 1.97. The highest BCUT2D eigenvalue weighted by atomic mass is 16.1. The number of Topliss-reactive ketones (excluding diaryl/α,β-unsaturated/α-hetero) is 1. The maximum atomic E-state index is 11.6. The molecule has 15 heavy (non-hydrogen) atoms. The van der Waals surface area contributed by atoms with Crippen LogP contribution >= 0.6 is 0 Å². The number of aldehydes is 1. The van der Waals surface area contributed by atoms with E-state index in [9.17, 15) is 9.59 Å². The zero-order valence-electron chi connectivity index (χ0n) is 8.78. The molecule has 1 rings (SSSR count). The smallest absolute Gasteiger partial charge is 0.193 e. The van der Waals surface area contributed by atoms with Gasteiger partial charge in [0, 0.05) is 17.0 Å². The molecule has 2 nitrogen and oxygen atoms in total. The van der Waals surface area contributed by atoms with Gasteiger partial charge in [-0.15, -0.1) is 0 Å². The Balaban J connectivity index is 2.90.